The number of Topliss-reactive ketones (excluding diaryl/α,β-unsaturated/α-hetero) is 1. The van der Waals surface area contributed by atoms with Crippen molar-refractivity contribution in [3.63, 3.8) is 0 Å². The van der Waals surface area contributed by atoms with E-state index >= 15 is 0 Å². The van der Waals surface area contributed by atoms with Crippen LogP contribution in [0.4, 0.5) is 0 Å². The van der Waals surface area contributed by atoms with E-state index in [0.29, 0.717) is 18.8 Å². The first-order valence-electron chi connectivity index (χ1n) is 4.62. The van der Waals surface area contributed by atoms with Crippen molar-refractivity contribution in [2.75, 3.05) is 0 Å². The van der Waals surface area contributed by atoms with Gasteiger partial charge in [-0.3, -0.25) is 4.79 Å². The molecule has 1 aliphatic carbocycles. The van der Waals surface area contributed by atoms with Crippen molar-refractivity contribution in [2.45, 2.75) is 46.1 Å². The molecule has 0 aromatic heterocycles. The summed E-state index contributed by atoms with van der Waals surface area (Å²) in [6.45, 7) is 6.50. The molecule has 2 nitrogen and oxygen atoms in total. The number of ketones is 1. The largest absolute Gasteiger partial charge is 0.385 e. The van der Waals surface area contributed by atoms with E-state index in [0.717, 1.165) is 6.42 Å². The Hall–Kier alpha value is -0.370. The van der Waals surface area contributed by atoms with Gasteiger partial charge in [-0.05, 0) is 24.2 Å². The van der Waals surface area contributed by atoms with Gasteiger partial charge in [0.05, 0.1) is 0 Å². The molecule has 0 aromatic rings. The quantitative estimate of drug-likeness (QED) is 0.601. The third-order valence-electron chi connectivity index (χ3n) is 2.84. The molecule has 1 rings (SSSR count). The Labute approximate surface area is 74.0 Å². The summed E-state index contributed by atoms with van der Waals surface area (Å²) < 4.78 is 0. The first-order valence-corrected chi connectivity index (χ1v) is 4.62. The van der Waals surface area contributed by atoms with Gasteiger partial charge in [0.1, 0.15) is 6.10 Å². The standard InChI is InChI=1S/C10H18O2/c1-10(2,3)7-4-5-8(11)9(12)6-7/h7,9,12H,4-6H2,1-3H3/t7-,9+/m1/s1. The normalized spacial score (nSPS) is 32.2. The Bertz CT molecular complexity index is 179. The van der Waals surface area contributed by atoms with Crippen LogP contribution in [0.15, 0.2) is 0 Å². The van der Waals surface area contributed by atoms with Crippen molar-refractivity contribution in [3.8, 4) is 0 Å². The van der Waals surface area contributed by atoms with E-state index in [-0.39, 0.29) is 11.2 Å². The fourth-order valence-electron chi connectivity index (χ4n) is 1.79. The second kappa shape index (κ2) is 3.17. The van der Waals surface area contributed by atoms with Gasteiger partial charge < -0.3 is 5.11 Å². The summed E-state index contributed by atoms with van der Waals surface area (Å²) in [5.41, 5.74) is 0.224. The number of carbonyl (C=O) groups excluding carboxylic acids is 1. The molecule has 0 unspecified atom stereocenters. The minimum atomic E-state index is -0.692. The molecule has 1 saturated carbocycles. The first kappa shape index (κ1) is 9.72. The number of carbonyl (C=O) groups is 1. The van der Waals surface area contributed by atoms with Crippen molar-refractivity contribution in [1.29, 1.82) is 0 Å². The van der Waals surface area contributed by atoms with Gasteiger partial charge in [-0.15, -0.1) is 0 Å². The molecule has 1 N–H and O–H groups in total. The van der Waals surface area contributed by atoms with Crippen LogP contribution in [0.25, 0.3) is 0 Å². The van der Waals surface area contributed by atoms with E-state index in [4.69, 9.17) is 0 Å². The maximum atomic E-state index is 11.0. The van der Waals surface area contributed by atoms with E-state index in [9.17, 15) is 9.90 Å². The second-order valence-corrected chi connectivity index (χ2v) is 4.82. The number of aliphatic hydroxyl groups excluding tert-OH is 1. The van der Waals surface area contributed by atoms with Gasteiger partial charge in [0, 0.05) is 6.42 Å². The molecule has 1 fully saturated rings. The number of rotatable bonds is 0. The molecule has 0 bridgehead atoms. The maximum absolute atomic E-state index is 11.0. The highest BCUT2D eigenvalue weighted by Crippen LogP contribution is 2.36. The summed E-state index contributed by atoms with van der Waals surface area (Å²) in [6.07, 6.45) is 1.47. The molecule has 0 radical (unpaired) electrons. The molecule has 0 amide bonds. The topological polar surface area (TPSA) is 37.3 Å². The lowest BCUT2D eigenvalue weighted by Gasteiger charge is -2.35. The molecular weight excluding hydrogens is 152 g/mol. The highest BCUT2D eigenvalue weighted by molar-refractivity contribution is 5.83. The van der Waals surface area contributed by atoms with Crippen LogP contribution in [-0.2, 0) is 4.79 Å². The van der Waals surface area contributed by atoms with E-state index in [1.54, 1.807) is 0 Å². The smallest absolute Gasteiger partial charge is 0.161 e. The molecule has 0 spiro atoms. The Morgan fingerprint density at radius 3 is 2.42 bits per heavy atom. The minimum Gasteiger partial charge on any atom is -0.385 e. The van der Waals surface area contributed by atoms with Crippen molar-refractivity contribution in [3.05, 3.63) is 0 Å². The second-order valence-electron chi connectivity index (χ2n) is 4.82. The summed E-state index contributed by atoms with van der Waals surface area (Å²) >= 11 is 0. The molecule has 0 aromatic carbocycles. The van der Waals surface area contributed by atoms with E-state index in [2.05, 4.69) is 20.8 Å². The SMILES string of the molecule is CC(C)(C)[C@@H]1CCC(=O)[C@@H](O)C1. The molecule has 0 heterocycles. The van der Waals surface area contributed by atoms with Crippen molar-refractivity contribution in [1.82, 2.24) is 0 Å². The number of aliphatic hydroxyl groups is 1. The molecule has 0 aliphatic heterocycles. The van der Waals surface area contributed by atoms with Crippen LogP contribution in [0, 0.1) is 11.3 Å². The fourth-order valence-corrected chi connectivity index (χ4v) is 1.79. The Morgan fingerprint density at radius 2 is 2.00 bits per heavy atom. The van der Waals surface area contributed by atoms with Gasteiger partial charge in [0.2, 0.25) is 0 Å². The zero-order valence-corrected chi connectivity index (χ0v) is 8.13. The van der Waals surface area contributed by atoms with Crippen molar-refractivity contribution >= 4 is 5.78 Å². The summed E-state index contributed by atoms with van der Waals surface area (Å²) in [7, 11) is 0. The lowest BCUT2D eigenvalue weighted by molar-refractivity contribution is -0.131. The lowest BCUT2D eigenvalue weighted by atomic mass is 9.71. The Balaban J connectivity index is 2.57. The van der Waals surface area contributed by atoms with Gasteiger partial charge in [-0.1, -0.05) is 20.8 Å². The minimum absolute atomic E-state index is 0.0236. The van der Waals surface area contributed by atoms with Gasteiger partial charge in [0.25, 0.3) is 0 Å². The third-order valence-corrected chi connectivity index (χ3v) is 2.84. The van der Waals surface area contributed by atoms with Crippen molar-refractivity contribution < 1.29 is 9.90 Å². The highest BCUT2D eigenvalue weighted by Gasteiger charge is 2.33. The fraction of sp³-hybridized carbons (Fsp3) is 0.900. The average molecular weight is 170 g/mol. The van der Waals surface area contributed by atoms with Crippen molar-refractivity contribution in [2.24, 2.45) is 11.3 Å². The predicted molar refractivity (Wildman–Crippen MR) is 47.8 cm³/mol. The summed E-state index contributed by atoms with van der Waals surface area (Å²) in [6, 6.07) is 0. The van der Waals surface area contributed by atoms with Gasteiger partial charge in [-0.25, -0.2) is 0 Å². The third kappa shape index (κ3) is 2.07. The first-order chi connectivity index (χ1) is 5.41. The average Bonchev–Trinajstić information content (AvgIpc) is 1.92. The van der Waals surface area contributed by atoms with E-state index in [1.807, 2.05) is 0 Å². The highest BCUT2D eigenvalue weighted by atomic mass is 16.3. The van der Waals surface area contributed by atoms with Gasteiger partial charge in [-0.2, -0.15) is 0 Å². The zero-order valence-electron chi connectivity index (χ0n) is 8.13. The van der Waals surface area contributed by atoms with Crippen LogP contribution in [-0.4, -0.2) is 17.0 Å². The molecule has 2 atom stereocenters. The molecule has 2 heteroatoms. The molecule has 12 heavy (non-hydrogen) atoms. The number of hydrogen-bond donors (Lipinski definition) is 1. The molecule has 1 aliphatic rings. The Kier molecular flexibility index (Phi) is 2.57. The van der Waals surface area contributed by atoms with E-state index in [1.165, 1.54) is 0 Å². The molecule has 70 valence electrons. The number of hydrogen-bond acceptors (Lipinski definition) is 2. The summed E-state index contributed by atoms with van der Waals surface area (Å²) in [4.78, 5) is 11.0. The van der Waals surface area contributed by atoms with Gasteiger partial charge in [0.15, 0.2) is 5.78 Å². The van der Waals surface area contributed by atoms with Crippen LogP contribution in [0.1, 0.15) is 40.0 Å². The maximum Gasteiger partial charge on any atom is 0.161 e. The van der Waals surface area contributed by atoms with Crippen LogP contribution >= 0.6 is 0 Å². The van der Waals surface area contributed by atoms with E-state index < -0.39 is 6.10 Å². The molecule has 0 saturated heterocycles. The van der Waals surface area contributed by atoms with Gasteiger partial charge >= 0.3 is 0 Å². The van der Waals surface area contributed by atoms with Crippen LogP contribution < -0.4 is 0 Å². The summed E-state index contributed by atoms with van der Waals surface area (Å²) in [5.74, 6) is 0.515. The van der Waals surface area contributed by atoms with Crippen LogP contribution in [0.2, 0.25) is 0 Å². The Morgan fingerprint density at radius 1 is 1.42 bits per heavy atom. The monoisotopic (exact) mass is 170 g/mol. The van der Waals surface area contributed by atoms with Crippen LogP contribution in [0.5, 0.6) is 0 Å². The van der Waals surface area contributed by atoms with Crippen LogP contribution in [0.3, 0.4) is 0 Å². The predicted octanol–water partition coefficient (Wildman–Crippen LogP) is 1.76. The lowest BCUT2D eigenvalue weighted by Crippen LogP contribution is -2.35. The zero-order chi connectivity index (χ0) is 9.35. The summed E-state index contributed by atoms with van der Waals surface area (Å²) in [5, 5.41) is 9.36. The molecular formula is C10H18O2.